The Morgan fingerprint density at radius 3 is 2.38 bits per heavy atom. The predicted molar refractivity (Wildman–Crippen MR) is 138 cm³/mol. The first-order valence-electron chi connectivity index (χ1n) is 10.7. The predicted octanol–water partition coefficient (Wildman–Crippen LogP) is 3.87. The molecular formula is C24H34IN3O4. The van der Waals surface area contributed by atoms with E-state index in [1.807, 2.05) is 37.3 Å². The van der Waals surface area contributed by atoms with E-state index in [1.165, 1.54) is 5.56 Å². The van der Waals surface area contributed by atoms with Gasteiger partial charge in [-0.2, -0.15) is 0 Å². The standard InChI is InChI=1S/C24H33N3O4.HI/c1-4-31-20-8-6-19(7-9-20)24(11-13-30-14-12-24)17-27-23(25)26-16-18-5-10-21(28-2)22(15-18)29-3;/h5-10,15H,4,11-14,16-17H2,1-3H3,(H3,25,26,27);1H. The number of guanidine groups is 1. The van der Waals surface area contributed by atoms with Crippen LogP contribution in [-0.2, 0) is 16.7 Å². The minimum absolute atomic E-state index is 0. The second-order valence-corrected chi connectivity index (χ2v) is 7.59. The van der Waals surface area contributed by atoms with Crippen molar-refractivity contribution in [1.82, 2.24) is 5.32 Å². The van der Waals surface area contributed by atoms with E-state index in [4.69, 9.17) is 24.7 Å². The van der Waals surface area contributed by atoms with Gasteiger partial charge in [-0.1, -0.05) is 18.2 Å². The fraction of sp³-hybridized carbons (Fsp3) is 0.458. The normalized spacial score (nSPS) is 15.4. The third kappa shape index (κ3) is 6.65. The average molecular weight is 555 g/mol. The van der Waals surface area contributed by atoms with Crippen LogP contribution in [0.15, 0.2) is 47.5 Å². The van der Waals surface area contributed by atoms with Crippen LogP contribution < -0.4 is 25.3 Å². The highest BCUT2D eigenvalue weighted by molar-refractivity contribution is 14.0. The number of ether oxygens (including phenoxy) is 4. The van der Waals surface area contributed by atoms with Crippen LogP contribution in [0, 0.1) is 0 Å². The van der Waals surface area contributed by atoms with Gasteiger partial charge in [-0.05, 0) is 55.2 Å². The van der Waals surface area contributed by atoms with Crippen LogP contribution in [0.4, 0.5) is 0 Å². The minimum Gasteiger partial charge on any atom is -0.494 e. The molecular weight excluding hydrogens is 521 g/mol. The zero-order valence-corrected chi connectivity index (χ0v) is 21.4. The molecule has 32 heavy (non-hydrogen) atoms. The van der Waals surface area contributed by atoms with Gasteiger partial charge in [0.2, 0.25) is 0 Å². The summed E-state index contributed by atoms with van der Waals surface area (Å²) in [4.78, 5) is 4.51. The van der Waals surface area contributed by atoms with Crippen molar-refractivity contribution in [2.24, 2.45) is 10.7 Å². The number of hydrogen-bond acceptors (Lipinski definition) is 5. The summed E-state index contributed by atoms with van der Waals surface area (Å²) in [5.41, 5.74) is 8.41. The van der Waals surface area contributed by atoms with Crippen molar-refractivity contribution in [2.75, 3.05) is 40.6 Å². The molecule has 1 aliphatic heterocycles. The lowest BCUT2D eigenvalue weighted by atomic mass is 9.74. The molecule has 0 aromatic heterocycles. The van der Waals surface area contributed by atoms with Gasteiger partial charge in [0.25, 0.3) is 0 Å². The maximum atomic E-state index is 6.20. The average Bonchev–Trinajstić information content (AvgIpc) is 2.82. The van der Waals surface area contributed by atoms with Gasteiger partial charge in [0.15, 0.2) is 17.5 Å². The van der Waals surface area contributed by atoms with Gasteiger partial charge in [-0.25, -0.2) is 4.99 Å². The summed E-state index contributed by atoms with van der Waals surface area (Å²) in [7, 11) is 3.24. The quantitative estimate of drug-likeness (QED) is 0.278. The number of nitrogens with one attached hydrogen (secondary N) is 1. The first-order chi connectivity index (χ1) is 15.1. The van der Waals surface area contributed by atoms with Gasteiger partial charge in [0, 0.05) is 25.2 Å². The Hall–Kier alpha value is -2.20. The monoisotopic (exact) mass is 555 g/mol. The molecule has 3 rings (SSSR count). The third-order valence-electron chi connectivity index (χ3n) is 5.72. The second kappa shape index (κ2) is 12.7. The highest BCUT2D eigenvalue weighted by Crippen LogP contribution is 2.35. The minimum atomic E-state index is -0.0491. The molecule has 0 amide bonds. The van der Waals surface area contributed by atoms with E-state index in [9.17, 15) is 0 Å². The van der Waals surface area contributed by atoms with Crippen LogP contribution in [0.2, 0.25) is 0 Å². The summed E-state index contributed by atoms with van der Waals surface area (Å²) in [5.74, 6) is 2.68. The molecule has 176 valence electrons. The fourth-order valence-electron chi connectivity index (χ4n) is 3.87. The fourth-order valence-corrected chi connectivity index (χ4v) is 3.87. The number of halogens is 1. The zero-order chi connectivity index (χ0) is 22.1. The Kier molecular flexibility index (Phi) is 10.4. The first-order valence-corrected chi connectivity index (χ1v) is 10.7. The van der Waals surface area contributed by atoms with Crippen LogP contribution in [0.25, 0.3) is 0 Å². The molecule has 1 saturated heterocycles. The van der Waals surface area contributed by atoms with Gasteiger partial charge < -0.3 is 30.0 Å². The molecule has 2 aromatic carbocycles. The van der Waals surface area contributed by atoms with E-state index < -0.39 is 0 Å². The van der Waals surface area contributed by atoms with Crippen LogP contribution in [0.1, 0.15) is 30.9 Å². The zero-order valence-electron chi connectivity index (χ0n) is 19.1. The van der Waals surface area contributed by atoms with Crippen molar-refractivity contribution < 1.29 is 18.9 Å². The highest BCUT2D eigenvalue weighted by atomic mass is 127. The molecule has 1 aliphatic rings. The van der Waals surface area contributed by atoms with Crippen LogP contribution in [0.5, 0.6) is 17.2 Å². The SMILES string of the molecule is CCOc1ccc(C2(CNC(N)=NCc3ccc(OC)c(OC)c3)CCOCC2)cc1.I. The molecule has 2 aromatic rings. The number of aliphatic imine (C=N–C) groups is 1. The summed E-state index contributed by atoms with van der Waals surface area (Å²) < 4.78 is 21.8. The molecule has 0 atom stereocenters. The maximum Gasteiger partial charge on any atom is 0.188 e. The van der Waals surface area contributed by atoms with Gasteiger partial charge >= 0.3 is 0 Å². The molecule has 0 bridgehead atoms. The van der Waals surface area contributed by atoms with Crippen molar-refractivity contribution in [3.05, 3.63) is 53.6 Å². The van der Waals surface area contributed by atoms with Crippen LogP contribution >= 0.6 is 24.0 Å². The Morgan fingerprint density at radius 1 is 1.06 bits per heavy atom. The molecule has 3 N–H and O–H groups in total. The van der Waals surface area contributed by atoms with Crippen molar-refractivity contribution >= 4 is 29.9 Å². The summed E-state index contributed by atoms with van der Waals surface area (Å²) >= 11 is 0. The molecule has 7 nitrogen and oxygen atoms in total. The third-order valence-corrected chi connectivity index (χ3v) is 5.72. The van der Waals surface area contributed by atoms with E-state index in [0.29, 0.717) is 37.2 Å². The number of rotatable bonds is 9. The number of methoxy groups -OCH3 is 2. The van der Waals surface area contributed by atoms with Crippen molar-refractivity contribution in [3.8, 4) is 17.2 Å². The Labute approximate surface area is 207 Å². The van der Waals surface area contributed by atoms with E-state index >= 15 is 0 Å². The lowest BCUT2D eigenvalue weighted by molar-refractivity contribution is 0.0514. The van der Waals surface area contributed by atoms with Crippen LogP contribution in [-0.4, -0.2) is 46.5 Å². The first kappa shape index (κ1) is 26.1. The van der Waals surface area contributed by atoms with Gasteiger partial charge in [0.1, 0.15) is 5.75 Å². The largest absolute Gasteiger partial charge is 0.494 e. The number of benzene rings is 2. The van der Waals surface area contributed by atoms with Crippen molar-refractivity contribution in [2.45, 2.75) is 31.7 Å². The Balaban J connectivity index is 0.00000363. The Bertz CT molecular complexity index is 868. The molecule has 1 fully saturated rings. The lowest BCUT2D eigenvalue weighted by Crippen LogP contribution is -2.46. The van der Waals surface area contributed by atoms with E-state index in [2.05, 4.69) is 22.4 Å². The molecule has 0 radical (unpaired) electrons. The van der Waals surface area contributed by atoms with Crippen LogP contribution in [0.3, 0.4) is 0 Å². The molecule has 0 aliphatic carbocycles. The second-order valence-electron chi connectivity index (χ2n) is 7.59. The van der Waals surface area contributed by atoms with Gasteiger partial charge in [-0.3, -0.25) is 0 Å². The van der Waals surface area contributed by atoms with Crippen molar-refractivity contribution in [3.63, 3.8) is 0 Å². The molecule has 0 unspecified atom stereocenters. The van der Waals surface area contributed by atoms with Gasteiger partial charge in [0.05, 0.1) is 27.4 Å². The van der Waals surface area contributed by atoms with E-state index in [0.717, 1.165) is 37.4 Å². The van der Waals surface area contributed by atoms with Gasteiger partial charge in [-0.15, -0.1) is 24.0 Å². The summed E-state index contributed by atoms with van der Waals surface area (Å²) in [6.45, 7) is 5.27. The van der Waals surface area contributed by atoms with E-state index in [-0.39, 0.29) is 29.4 Å². The van der Waals surface area contributed by atoms with Crippen molar-refractivity contribution in [1.29, 1.82) is 0 Å². The summed E-state index contributed by atoms with van der Waals surface area (Å²) in [5, 5.41) is 3.34. The number of hydrogen-bond donors (Lipinski definition) is 2. The lowest BCUT2D eigenvalue weighted by Gasteiger charge is -2.38. The molecule has 1 heterocycles. The highest BCUT2D eigenvalue weighted by Gasteiger charge is 2.34. The van der Waals surface area contributed by atoms with E-state index in [1.54, 1.807) is 14.2 Å². The number of nitrogens with zero attached hydrogens (tertiary/aromatic N) is 1. The molecule has 8 heteroatoms. The molecule has 0 spiro atoms. The number of nitrogens with two attached hydrogens (primary N) is 1. The Morgan fingerprint density at radius 2 is 1.75 bits per heavy atom. The summed E-state index contributed by atoms with van der Waals surface area (Å²) in [6, 6.07) is 14.1. The summed E-state index contributed by atoms with van der Waals surface area (Å²) in [6.07, 6.45) is 1.86. The molecule has 0 saturated carbocycles. The topological polar surface area (TPSA) is 87.3 Å². The maximum absolute atomic E-state index is 6.20. The smallest absolute Gasteiger partial charge is 0.188 e.